The Morgan fingerprint density at radius 2 is 2.11 bits per heavy atom. The van der Waals surface area contributed by atoms with Gasteiger partial charge in [-0.2, -0.15) is 17.0 Å². The third kappa shape index (κ3) is 4.43. The maximum atomic E-state index is 12.0. The fraction of sp³-hybridized carbons (Fsp3) is 0.917. The molecule has 1 aliphatic rings. The van der Waals surface area contributed by atoms with Crippen LogP contribution in [0.4, 0.5) is 0 Å². The molecular weight excluding hydrogens is 266 g/mol. The minimum atomic E-state index is -3.40. The number of nitrogens with one attached hydrogen (secondary N) is 1. The van der Waals surface area contributed by atoms with Gasteiger partial charge in [0, 0.05) is 33.7 Å². The highest BCUT2D eigenvalue weighted by Crippen LogP contribution is 2.20. The average Bonchev–Trinajstić information content (AvgIpc) is 2.39. The molecule has 1 atom stereocenters. The number of unbranched alkanes of at least 4 members (excludes halogenated alkanes) is 1. The van der Waals surface area contributed by atoms with Crippen LogP contribution in [0.15, 0.2) is 0 Å². The third-order valence-electron chi connectivity index (χ3n) is 3.37. The van der Waals surface area contributed by atoms with Crippen LogP contribution in [0.25, 0.3) is 0 Å². The van der Waals surface area contributed by atoms with Crippen molar-refractivity contribution >= 4 is 16.1 Å². The molecule has 0 aromatic rings. The number of hydrogen-bond donors (Lipinski definition) is 1. The Labute approximate surface area is 116 Å². The molecule has 0 aromatic heterocycles. The Morgan fingerprint density at radius 3 is 2.68 bits per heavy atom. The van der Waals surface area contributed by atoms with Crippen LogP contribution in [0, 0.1) is 5.92 Å². The summed E-state index contributed by atoms with van der Waals surface area (Å²) in [5.74, 6) is -0.243. The fourth-order valence-corrected chi connectivity index (χ4v) is 3.32. The van der Waals surface area contributed by atoms with Crippen molar-refractivity contribution in [2.45, 2.75) is 32.6 Å². The Morgan fingerprint density at radius 1 is 1.42 bits per heavy atom. The molecule has 0 saturated carbocycles. The summed E-state index contributed by atoms with van der Waals surface area (Å²) in [7, 11) is -0.377. The van der Waals surface area contributed by atoms with Gasteiger partial charge in [-0.3, -0.25) is 4.79 Å². The van der Waals surface area contributed by atoms with E-state index in [2.05, 4.69) is 12.2 Å². The van der Waals surface area contributed by atoms with Crippen molar-refractivity contribution < 1.29 is 13.2 Å². The molecule has 19 heavy (non-hydrogen) atoms. The van der Waals surface area contributed by atoms with Gasteiger partial charge in [0.15, 0.2) is 0 Å². The molecule has 0 radical (unpaired) electrons. The van der Waals surface area contributed by atoms with Gasteiger partial charge in [0.1, 0.15) is 0 Å². The summed E-state index contributed by atoms with van der Waals surface area (Å²) in [4.78, 5) is 12.0. The molecule has 1 saturated heterocycles. The van der Waals surface area contributed by atoms with Gasteiger partial charge in [0.05, 0.1) is 5.92 Å². The van der Waals surface area contributed by atoms with Gasteiger partial charge in [-0.15, -0.1) is 0 Å². The van der Waals surface area contributed by atoms with Gasteiger partial charge in [-0.1, -0.05) is 13.3 Å². The monoisotopic (exact) mass is 291 g/mol. The molecule has 112 valence electrons. The largest absolute Gasteiger partial charge is 0.356 e. The van der Waals surface area contributed by atoms with Crippen molar-refractivity contribution in [3.63, 3.8) is 0 Å². The van der Waals surface area contributed by atoms with E-state index in [9.17, 15) is 13.2 Å². The zero-order chi connectivity index (χ0) is 14.5. The number of carbonyl (C=O) groups excluding carboxylic acids is 1. The Balaban J connectivity index is 2.57. The molecular formula is C12H25N3O3S. The van der Waals surface area contributed by atoms with Crippen LogP contribution in [0.2, 0.25) is 0 Å². The van der Waals surface area contributed by atoms with Crippen LogP contribution in [-0.2, 0) is 15.0 Å². The van der Waals surface area contributed by atoms with E-state index in [1.54, 1.807) is 0 Å². The van der Waals surface area contributed by atoms with Crippen molar-refractivity contribution in [3.05, 3.63) is 0 Å². The first-order valence-electron chi connectivity index (χ1n) is 6.85. The summed E-state index contributed by atoms with van der Waals surface area (Å²) in [6, 6.07) is 0. The minimum absolute atomic E-state index is 0.0212. The fourth-order valence-electron chi connectivity index (χ4n) is 2.13. The predicted molar refractivity (Wildman–Crippen MR) is 74.8 cm³/mol. The number of nitrogens with zero attached hydrogens (tertiary/aromatic N) is 2. The number of hydrogen-bond acceptors (Lipinski definition) is 3. The van der Waals surface area contributed by atoms with Crippen LogP contribution in [0.1, 0.15) is 32.6 Å². The van der Waals surface area contributed by atoms with E-state index in [0.717, 1.165) is 25.7 Å². The van der Waals surface area contributed by atoms with Crippen molar-refractivity contribution in [3.8, 4) is 0 Å². The maximum absolute atomic E-state index is 12.0. The molecule has 1 heterocycles. The molecule has 1 unspecified atom stereocenters. The second-order valence-corrected chi connectivity index (χ2v) is 7.27. The number of piperidine rings is 1. The van der Waals surface area contributed by atoms with E-state index in [1.807, 2.05) is 0 Å². The van der Waals surface area contributed by atoms with Gasteiger partial charge in [-0.05, 0) is 19.3 Å². The van der Waals surface area contributed by atoms with Crippen molar-refractivity contribution in [2.75, 3.05) is 33.7 Å². The molecule has 7 heteroatoms. The van der Waals surface area contributed by atoms with E-state index in [0.29, 0.717) is 19.6 Å². The Hall–Kier alpha value is -0.660. The summed E-state index contributed by atoms with van der Waals surface area (Å²) in [5.41, 5.74) is 0. The molecule has 0 aliphatic carbocycles. The predicted octanol–water partition coefficient (Wildman–Crippen LogP) is 0.421. The Kier molecular flexibility index (Phi) is 6.22. The van der Waals surface area contributed by atoms with Crippen LogP contribution in [0.3, 0.4) is 0 Å². The van der Waals surface area contributed by atoms with E-state index in [1.165, 1.54) is 22.7 Å². The molecule has 1 rings (SSSR count). The highest BCUT2D eigenvalue weighted by atomic mass is 32.2. The number of rotatable bonds is 6. The SMILES string of the molecule is CCCCNC(=O)C1CCCN(S(=O)(=O)N(C)C)C1. The van der Waals surface area contributed by atoms with Crippen molar-refractivity contribution in [2.24, 2.45) is 5.92 Å². The summed E-state index contributed by atoms with van der Waals surface area (Å²) >= 11 is 0. The van der Waals surface area contributed by atoms with Crippen LogP contribution >= 0.6 is 0 Å². The first kappa shape index (κ1) is 16.4. The summed E-state index contributed by atoms with van der Waals surface area (Å²) in [6.07, 6.45) is 3.49. The Bertz CT molecular complexity index is 395. The second-order valence-electron chi connectivity index (χ2n) is 5.13. The number of carbonyl (C=O) groups is 1. The molecule has 6 nitrogen and oxygen atoms in total. The average molecular weight is 291 g/mol. The summed E-state index contributed by atoms with van der Waals surface area (Å²) in [6.45, 7) is 3.53. The smallest absolute Gasteiger partial charge is 0.281 e. The second kappa shape index (κ2) is 7.21. The van der Waals surface area contributed by atoms with Gasteiger partial charge < -0.3 is 5.32 Å². The van der Waals surface area contributed by atoms with Gasteiger partial charge in [-0.25, -0.2) is 0 Å². The van der Waals surface area contributed by atoms with E-state index in [4.69, 9.17) is 0 Å². The highest BCUT2D eigenvalue weighted by molar-refractivity contribution is 7.86. The van der Waals surface area contributed by atoms with E-state index in [-0.39, 0.29) is 11.8 Å². The highest BCUT2D eigenvalue weighted by Gasteiger charge is 2.33. The normalized spacial score (nSPS) is 21.6. The molecule has 1 aliphatic heterocycles. The molecule has 0 bridgehead atoms. The maximum Gasteiger partial charge on any atom is 0.281 e. The van der Waals surface area contributed by atoms with Crippen molar-refractivity contribution in [1.82, 2.24) is 13.9 Å². The minimum Gasteiger partial charge on any atom is -0.356 e. The lowest BCUT2D eigenvalue weighted by Gasteiger charge is -2.32. The summed E-state index contributed by atoms with van der Waals surface area (Å²) < 4.78 is 26.7. The zero-order valence-electron chi connectivity index (χ0n) is 12.1. The van der Waals surface area contributed by atoms with E-state index >= 15 is 0 Å². The van der Waals surface area contributed by atoms with Crippen LogP contribution < -0.4 is 5.32 Å². The lowest BCUT2D eigenvalue weighted by atomic mass is 9.99. The first-order valence-corrected chi connectivity index (χ1v) is 8.24. The topological polar surface area (TPSA) is 69.7 Å². The molecule has 1 fully saturated rings. The van der Waals surface area contributed by atoms with Crippen LogP contribution in [0.5, 0.6) is 0 Å². The lowest BCUT2D eigenvalue weighted by molar-refractivity contribution is -0.126. The standard InChI is InChI=1S/C12H25N3O3S/c1-4-5-8-13-12(16)11-7-6-9-15(10-11)19(17,18)14(2)3/h11H,4-10H2,1-3H3,(H,13,16). The van der Waals surface area contributed by atoms with Gasteiger partial charge in [0.2, 0.25) is 5.91 Å². The summed E-state index contributed by atoms with van der Waals surface area (Å²) in [5, 5.41) is 2.88. The van der Waals surface area contributed by atoms with E-state index < -0.39 is 10.2 Å². The van der Waals surface area contributed by atoms with Gasteiger partial charge >= 0.3 is 0 Å². The number of amides is 1. The molecule has 1 N–H and O–H groups in total. The lowest BCUT2D eigenvalue weighted by Crippen LogP contribution is -2.48. The first-order chi connectivity index (χ1) is 8.89. The third-order valence-corrected chi connectivity index (χ3v) is 5.28. The van der Waals surface area contributed by atoms with Crippen LogP contribution in [-0.4, -0.2) is 56.7 Å². The molecule has 0 spiro atoms. The van der Waals surface area contributed by atoms with Gasteiger partial charge in [0.25, 0.3) is 10.2 Å². The molecule has 0 aromatic carbocycles. The quantitative estimate of drug-likeness (QED) is 0.721. The zero-order valence-corrected chi connectivity index (χ0v) is 12.9. The molecule has 1 amide bonds. The van der Waals surface area contributed by atoms with Crippen molar-refractivity contribution in [1.29, 1.82) is 0 Å².